The van der Waals surface area contributed by atoms with E-state index in [9.17, 15) is 0 Å². The molecule has 1 atom stereocenters. The summed E-state index contributed by atoms with van der Waals surface area (Å²) in [6.45, 7) is 4.96. The van der Waals surface area contributed by atoms with Crippen molar-refractivity contribution in [3.63, 3.8) is 0 Å². The third-order valence-electron chi connectivity index (χ3n) is 2.95. The molecule has 1 heterocycles. The normalized spacial score (nSPS) is 12.7. The molecule has 1 aromatic heterocycles. The van der Waals surface area contributed by atoms with Gasteiger partial charge in [0.2, 0.25) is 0 Å². The summed E-state index contributed by atoms with van der Waals surface area (Å²) in [7, 11) is 0. The van der Waals surface area contributed by atoms with Crippen molar-refractivity contribution in [3.8, 4) is 0 Å². The minimum absolute atomic E-state index is 0.0403. The maximum absolute atomic E-state index is 6.28. The molecule has 2 aromatic rings. The first-order valence-electron chi connectivity index (χ1n) is 5.97. The number of aryl methyl sites for hydroxylation is 1. The lowest BCUT2D eigenvalue weighted by Crippen LogP contribution is -2.22. The van der Waals surface area contributed by atoms with Crippen LogP contribution in [0.25, 0.3) is 0 Å². The lowest BCUT2D eigenvalue weighted by atomic mass is 9.97. The lowest BCUT2D eigenvalue weighted by molar-refractivity contribution is 0.629. The molecule has 0 amide bonds. The molecule has 0 saturated carbocycles. The Labute approximate surface area is 132 Å². The van der Waals surface area contributed by atoms with E-state index in [1.807, 2.05) is 31.2 Å². The molecule has 1 nitrogen and oxygen atoms in total. The molecule has 0 radical (unpaired) electrons. The number of nitrogens with one attached hydrogen (secondary N) is 1. The molecule has 19 heavy (non-hydrogen) atoms. The Balaban J connectivity index is 2.48. The first-order valence-corrected chi connectivity index (χ1v) is 7.92. The second kappa shape index (κ2) is 6.47. The molecular formula is C14H14Cl3NS. The van der Waals surface area contributed by atoms with Crippen molar-refractivity contribution in [1.29, 1.82) is 0 Å². The molecule has 2 rings (SSSR count). The number of halogens is 3. The van der Waals surface area contributed by atoms with Crippen molar-refractivity contribution >= 4 is 46.1 Å². The van der Waals surface area contributed by atoms with Gasteiger partial charge in [0.15, 0.2) is 0 Å². The van der Waals surface area contributed by atoms with Crippen LogP contribution in [0.5, 0.6) is 0 Å². The fraction of sp³-hybridized carbons (Fsp3) is 0.286. The van der Waals surface area contributed by atoms with Gasteiger partial charge in [0.05, 0.1) is 14.7 Å². The van der Waals surface area contributed by atoms with Crippen LogP contribution in [0, 0.1) is 6.92 Å². The van der Waals surface area contributed by atoms with Crippen LogP contribution in [0.3, 0.4) is 0 Å². The van der Waals surface area contributed by atoms with Gasteiger partial charge in [-0.2, -0.15) is 0 Å². The van der Waals surface area contributed by atoms with Crippen LogP contribution in [0.4, 0.5) is 0 Å². The topological polar surface area (TPSA) is 12.0 Å². The number of hydrogen-bond acceptors (Lipinski definition) is 2. The van der Waals surface area contributed by atoms with E-state index >= 15 is 0 Å². The summed E-state index contributed by atoms with van der Waals surface area (Å²) < 4.78 is 1.43. The van der Waals surface area contributed by atoms with Crippen LogP contribution in [0.15, 0.2) is 24.3 Å². The summed E-state index contributed by atoms with van der Waals surface area (Å²) in [5, 5.41) is 4.19. The van der Waals surface area contributed by atoms with Crippen molar-refractivity contribution in [3.05, 3.63) is 54.7 Å². The largest absolute Gasteiger partial charge is 0.306 e. The van der Waals surface area contributed by atoms with E-state index in [4.69, 9.17) is 34.8 Å². The zero-order valence-corrected chi connectivity index (χ0v) is 13.7. The molecule has 0 saturated heterocycles. The third kappa shape index (κ3) is 3.45. The number of hydrogen-bond donors (Lipinski definition) is 1. The maximum Gasteiger partial charge on any atom is 0.0995 e. The van der Waals surface area contributed by atoms with Crippen LogP contribution >= 0.6 is 46.1 Å². The van der Waals surface area contributed by atoms with Crippen LogP contribution in [-0.2, 0) is 0 Å². The van der Waals surface area contributed by atoms with Gasteiger partial charge in [-0.25, -0.2) is 0 Å². The third-order valence-corrected chi connectivity index (χ3v) is 4.70. The van der Waals surface area contributed by atoms with Gasteiger partial charge in [-0.15, -0.1) is 11.3 Å². The molecule has 1 aromatic carbocycles. The minimum atomic E-state index is 0.0403. The van der Waals surface area contributed by atoms with Crippen LogP contribution in [0.1, 0.15) is 29.7 Å². The molecule has 5 heteroatoms. The van der Waals surface area contributed by atoms with E-state index in [0.717, 1.165) is 27.0 Å². The van der Waals surface area contributed by atoms with E-state index < -0.39 is 0 Å². The van der Waals surface area contributed by atoms with Crippen molar-refractivity contribution < 1.29 is 0 Å². The highest BCUT2D eigenvalue weighted by molar-refractivity contribution is 7.20. The highest BCUT2D eigenvalue weighted by Crippen LogP contribution is 2.38. The summed E-state index contributed by atoms with van der Waals surface area (Å²) in [5.41, 5.74) is 3.32. The summed E-state index contributed by atoms with van der Waals surface area (Å²) in [5.74, 6) is 0. The maximum atomic E-state index is 6.28. The zero-order chi connectivity index (χ0) is 14.0. The van der Waals surface area contributed by atoms with E-state index in [1.54, 1.807) is 0 Å². The molecule has 0 fully saturated rings. The van der Waals surface area contributed by atoms with Gasteiger partial charge >= 0.3 is 0 Å². The van der Waals surface area contributed by atoms with Crippen LogP contribution in [-0.4, -0.2) is 6.54 Å². The lowest BCUT2D eigenvalue weighted by Gasteiger charge is -2.20. The standard InChI is InChI=1S/C14H14Cl3NS/c1-3-18-13(11-7-12(16)19-14(11)17)10-5-4-9(15)6-8(10)2/h4-7,13,18H,3H2,1-2H3. The Bertz CT molecular complexity index is 580. The van der Waals surface area contributed by atoms with Gasteiger partial charge < -0.3 is 5.32 Å². The number of benzene rings is 1. The van der Waals surface area contributed by atoms with Gasteiger partial charge in [0, 0.05) is 10.6 Å². The monoisotopic (exact) mass is 333 g/mol. The molecule has 0 spiro atoms. The van der Waals surface area contributed by atoms with E-state index in [2.05, 4.69) is 12.2 Å². The highest BCUT2D eigenvalue weighted by Gasteiger charge is 2.20. The average Bonchev–Trinajstić information content (AvgIpc) is 2.66. The summed E-state index contributed by atoms with van der Waals surface area (Å²) in [6, 6.07) is 7.86. The molecule has 0 aliphatic heterocycles. The van der Waals surface area contributed by atoms with Gasteiger partial charge in [-0.05, 0) is 42.8 Å². The van der Waals surface area contributed by atoms with Crippen molar-refractivity contribution in [2.75, 3.05) is 6.54 Å². The molecule has 1 unspecified atom stereocenters. The Hall–Kier alpha value is -0.250. The van der Waals surface area contributed by atoms with E-state index in [-0.39, 0.29) is 6.04 Å². The van der Waals surface area contributed by atoms with Crippen molar-refractivity contribution in [1.82, 2.24) is 5.32 Å². The molecule has 1 N–H and O–H groups in total. The molecule has 0 aliphatic rings. The van der Waals surface area contributed by atoms with Crippen molar-refractivity contribution in [2.24, 2.45) is 0 Å². The molecule has 0 bridgehead atoms. The summed E-state index contributed by atoms with van der Waals surface area (Å²) in [4.78, 5) is 0. The minimum Gasteiger partial charge on any atom is -0.306 e. The smallest absolute Gasteiger partial charge is 0.0995 e. The quantitative estimate of drug-likeness (QED) is 0.754. The Morgan fingerprint density at radius 1 is 1.16 bits per heavy atom. The second-order valence-corrected chi connectivity index (χ2v) is 6.99. The molecule has 102 valence electrons. The first kappa shape index (κ1) is 15.1. The van der Waals surface area contributed by atoms with Gasteiger partial charge in [0.25, 0.3) is 0 Å². The highest BCUT2D eigenvalue weighted by atomic mass is 35.5. The van der Waals surface area contributed by atoms with E-state index in [1.165, 1.54) is 16.9 Å². The fourth-order valence-electron chi connectivity index (χ4n) is 2.10. The Kier molecular flexibility index (Phi) is 5.15. The summed E-state index contributed by atoms with van der Waals surface area (Å²) in [6.07, 6.45) is 0. The SMILES string of the molecule is CCNC(c1ccc(Cl)cc1C)c1cc(Cl)sc1Cl. The zero-order valence-electron chi connectivity index (χ0n) is 10.6. The van der Waals surface area contributed by atoms with Crippen molar-refractivity contribution in [2.45, 2.75) is 19.9 Å². The molecular weight excluding hydrogens is 321 g/mol. The number of thiophene rings is 1. The first-order chi connectivity index (χ1) is 9.02. The fourth-order valence-corrected chi connectivity index (χ4v) is 3.86. The summed E-state index contributed by atoms with van der Waals surface area (Å²) >= 11 is 19.7. The predicted octanol–water partition coefficient (Wildman–Crippen LogP) is 5.72. The number of rotatable bonds is 4. The Morgan fingerprint density at radius 3 is 2.42 bits per heavy atom. The van der Waals surface area contributed by atoms with Gasteiger partial charge in [0.1, 0.15) is 0 Å². The van der Waals surface area contributed by atoms with Gasteiger partial charge in [-0.3, -0.25) is 0 Å². The molecule has 0 aliphatic carbocycles. The Morgan fingerprint density at radius 2 is 1.89 bits per heavy atom. The van der Waals surface area contributed by atoms with E-state index in [0.29, 0.717) is 4.34 Å². The van der Waals surface area contributed by atoms with Crippen LogP contribution in [0.2, 0.25) is 13.7 Å². The van der Waals surface area contributed by atoms with Gasteiger partial charge in [-0.1, -0.05) is 47.8 Å². The van der Waals surface area contributed by atoms with Crippen LogP contribution < -0.4 is 5.32 Å². The second-order valence-electron chi connectivity index (χ2n) is 4.27. The average molecular weight is 335 g/mol. The predicted molar refractivity (Wildman–Crippen MR) is 86.0 cm³/mol.